The molecular formula is C12H18ClN7O. The van der Waals surface area contributed by atoms with Crippen LogP contribution in [0.25, 0.3) is 11.0 Å². The molecule has 2 aromatic heterocycles. The van der Waals surface area contributed by atoms with Crippen molar-refractivity contribution < 1.29 is 5.11 Å². The first-order chi connectivity index (χ1) is 9.96. The number of rotatable bonds is 5. The Morgan fingerprint density at radius 2 is 1.52 bits per heavy atom. The Hall–Kier alpha value is -1.93. The summed E-state index contributed by atoms with van der Waals surface area (Å²) in [5.41, 5.74) is 1.07. The van der Waals surface area contributed by atoms with Crippen LogP contribution in [-0.4, -0.2) is 51.3 Å². The van der Waals surface area contributed by atoms with Crippen LogP contribution in [0.4, 0.5) is 17.6 Å². The van der Waals surface area contributed by atoms with Crippen LogP contribution in [-0.2, 0) is 0 Å². The van der Waals surface area contributed by atoms with Crippen molar-refractivity contribution in [3.63, 3.8) is 0 Å². The third-order valence-corrected chi connectivity index (χ3v) is 3.24. The van der Waals surface area contributed by atoms with Crippen LogP contribution >= 0.6 is 11.6 Å². The van der Waals surface area contributed by atoms with Gasteiger partial charge in [0.2, 0.25) is 11.2 Å². The average Bonchev–Trinajstić information content (AvgIpc) is 2.45. The largest absolute Gasteiger partial charge is 0.391 e. The van der Waals surface area contributed by atoms with Gasteiger partial charge < -0.3 is 21.1 Å². The zero-order chi connectivity index (χ0) is 15.6. The summed E-state index contributed by atoms with van der Waals surface area (Å²) in [5, 5.41) is 18.6. The third-order valence-electron chi connectivity index (χ3n) is 3.07. The lowest BCUT2D eigenvalue weighted by molar-refractivity contribution is 0.177. The standard InChI is InChI=1S/C12H18ClN7O/c1-5(6(2)21)16-12-18-8-7(10(15-4)20-12)17-11(13)19-9(8)14-3/h5-6,21H,1-4H3,(H,14,17,19)(H2,15,16,18,20). The third kappa shape index (κ3) is 3.22. The fourth-order valence-electron chi connectivity index (χ4n) is 1.73. The lowest BCUT2D eigenvalue weighted by atomic mass is 10.2. The topological polar surface area (TPSA) is 108 Å². The van der Waals surface area contributed by atoms with Crippen LogP contribution in [0.15, 0.2) is 0 Å². The van der Waals surface area contributed by atoms with Crippen molar-refractivity contribution in [2.24, 2.45) is 0 Å². The lowest BCUT2D eigenvalue weighted by Gasteiger charge is -2.17. The Morgan fingerprint density at radius 3 is 2.10 bits per heavy atom. The van der Waals surface area contributed by atoms with Crippen molar-refractivity contribution in [2.75, 3.05) is 30.0 Å². The van der Waals surface area contributed by atoms with Crippen LogP contribution in [0.1, 0.15) is 13.8 Å². The predicted octanol–water partition coefficient (Wildman–Crippen LogP) is 1.34. The zero-order valence-corrected chi connectivity index (χ0v) is 13.0. The molecule has 8 nitrogen and oxygen atoms in total. The van der Waals surface area contributed by atoms with Gasteiger partial charge in [-0.1, -0.05) is 0 Å². The molecule has 0 saturated heterocycles. The average molecular weight is 312 g/mol. The molecule has 2 atom stereocenters. The molecule has 0 bridgehead atoms. The predicted molar refractivity (Wildman–Crippen MR) is 84.0 cm³/mol. The Bertz CT molecular complexity index is 649. The van der Waals surface area contributed by atoms with E-state index in [1.807, 2.05) is 6.92 Å². The maximum absolute atomic E-state index is 9.57. The summed E-state index contributed by atoms with van der Waals surface area (Å²) in [4.78, 5) is 17.0. The molecule has 0 radical (unpaired) electrons. The van der Waals surface area contributed by atoms with Gasteiger partial charge >= 0.3 is 0 Å². The van der Waals surface area contributed by atoms with Crippen molar-refractivity contribution in [1.29, 1.82) is 0 Å². The van der Waals surface area contributed by atoms with Crippen molar-refractivity contribution >= 4 is 40.2 Å². The van der Waals surface area contributed by atoms with Crippen molar-refractivity contribution in [1.82, 2.24) is 19.9 Å². The summed E-state index contributed by atoms with van der Waals surface area (Å²) in [6.45, 7) is 3.54. The molecule has 0 saturated carbocycles. The van der Waals surface area contributed by atoms with Gasteiger partial charge in [0.05, 0.1) is 12.1 Å². The molecule has 0 aliphatic carbocycles. The number of halogens is 1. The van der Waals surface area contributed by atoms with E-state index in [0.717, 1.165) is 0 Å². The number of hydrogen-bond acceptors (Lipinski definition) is 8. The molecule has 0 amide bonds. The van der Waals surface area contributed by atoms with Gasteiger partial charge in [-0.05, 0) is 25.4 Å². The molecule has 2 unspecified atom stereocenters. The first-order valence-electron chi connectivity index (χ1n) is 6.51. The SMILES string of the molecule is CNc1nc(NC(C)C(C)O)nc2c(NC)nc(Cl)nc12. The number of fused-ring (bicyclic) bond motifs is 1. The van der Waals surface area contributed by atoms with E-state index in [1.165, 1.54) is 0 Å². The Morgan fingerprint density at radius 1 is 0.952 bits per heavy atom. The smallest absolute Gasteiger partial charge is 0.225 e. The van der Waals surface area contributed by atoms with E-state index in [2.05, 4.69) is 35.9 Å². The highest BCUT2D eigenvalue weighted by Crippen LogP contribution is 2.26. The number of aliphatic hydroxyl groups excluding tert-OH is 1. The number of aromatic nitrogens is 4. The van der Waals surface area contributed by atoms with E-state index < -0.39 is 6.10 Å². The van der Waals surface area contributed by atoms with Gasteiger partial charge in [-0.25, -0.2) is 9.97 Å². The van der Waals surface area contributed by atoms with Crippen LogP contribution < -0.4 is 16.0 Å². The van der Waals surface area contributed by atoms with Crippen LogP contribution in [0.3, 0.4) is 0 Å². The molecule has 114 valence electrons. The first kappa shape index (κ1) is 15.5. The molecule has 21 heavy (non-hydrogen) atoms. The molecule has 2 rings (SSSR count). The van der Waals surface area contributed by atoms with E-state index in [9.17, 15) is 5.11 Å². The van der Waals surface area contributed by atoms with Crippen molar-refractivity contribution in [3.8, 4) is 0 Å². The quantitative estimate of drug-likeness (QED) is 0.613. The van der Waals surface area contributed by atoms with Gasteiger partial charge in [-0.2, -0.15) is 9.97 Å². The number of aliphatic hydroxyl groups is 1. The Balaban J connectivity index is 2.58. The van der Waals surface area contributed by atoms with Gasteiger partial charge in [-0.3, -0.25) is 0 Å². The zero-order valence-electron chi connectivity index (χ0n) is 12.3. The van der Waals surface area contributed by atoms with Crippen molar-refractivity contribution in [3.05, 3.63) is 5.28 Å². The molecule has 0 aliphatic heterocycles. The molecule has 0 fully saturated rings. The monoisotopic (exact) mass is 311 g/mol. The molecule has 0 aromatic carbocycles. The number of nitrogens with one attached hydrogen (secondary N) is 3. The molecule has 0 aliphatic rings. The van der Waals surface area contributed by atoms with Crippen LogP contribution in [0, 0.1) is 0 Å². The van der Waals surface area contributed by atoms with Gasteiger partial charge in [0.1, 0.15) is 11.0 Å². The van der Waals surface area contributed by atoms with Crippen LogP contribution in [0.2, 0.25) is 5.28 Å². The van der Waals surface area contributed by atoms with Gasteiger partial charge in [0.25, 0.3) is 0 Å². The van der Waals surface area contributed by atoms with Crippen molar-refractivity contribution in [2.45, 2.75) is 26.0 Å². The minimum Gasteiger partial charge on any atom is -0.391 e. The second kappa shape index (κ2) is 6.23. The lowest BCUT2D eigenvalue weighted by Crippen LogP contribution is -2.29. The highest BCUT2D eigenvalue weighted by molar-refractivity contribution is 6.29. The molecule has 4 N–H and O–H groups in total. The summed E-state index contributed by atoms with van der Waals surface area (Å²) in [7, 11) is 3.46. The maximum Gasteiger partial charge on any atom is 0.225 e. The minimum atomic E-state index is -0.535. The molecule has 2 aromatic rings. The van der Waals surface area contributed by atoms with E-state index in [0.29, 0.717) is 28.6 Å². The fourth-order valence-corrected chi connectivity index (χ4v) is 1.89. The van der Waals surface area contributed by atoms with Gasteiger partial charge in [-0.15, -0.1) is 0 Å². The fraction of sp³-hybridized carbons (Fsp3) is 0.500. The van der Waals surface area contributed by atoms with E-state index in [-0.39, 0.29) is 11.3 Å². The summed E-state index contributed by atoms with van der Waals surface area (Å²) in [5.74, 6) is 1.42. The number of anilines is 3. The summed E-state index contributed by atoms with van der Waals surface area (Å²) >= 11 is 5.90. The Labute approximate surface area is 127 Å². The second-order valence-corrected chi connectivity index (χ2v) is 4.95. The van der Waals surface area contributed by atoms with E-state index in [1.54, 1.807) is 21.0 Å². The Kier molecular flexibility index (Phi) is 4.59. The molecule has 9 heteroatoms. The molecule has 0 spiro atoms. The molecule has 2 heterocycles. The van der Waals surface area contributed by atoms with Gasteiger partial charge in [0, 0.05) is 14.1 Å². The van der Waals surface area contributed by atoms with E-state index in [4.69, 9.17) is 11.6 Å². The van der Waals surface area contributed by atoms with E-state index >= 15 is 0 Å². The van der Waals surface area contributed by atoms with Crippen LogP contribution in [0.5, 0.6) is 0 Å². The minimum absolute atomic E-state index is 0.116. The summed E-state index contributed by atoms with van der Waals surface area (Å²) < 4.78 is 0. The first-order valence-corrected chi connectivity index (χ1v) is 6.89. The second-order valence-electron chi connectivity index (χ2n) is 4.61. The molecular weight excluding hydrogens is 294 g/mol. The number of hydrogen-bond donors (Lipinski definition) is 4. The normalized spacial score (nSPS) is 13.8. The highest BCUT2D eigenvalue weighted by atomic mass is 35.5. The summed E-state index contributed by atoms with van der Waals surface area (Å²) in [6.07, 6.45) is -0.535. The highest BCUT2D eigenvalue weighted by Gasteiger charge is 2.16. The summed E-state index contributed by atoms with van der Waals surface area (Å²) in [6, 6.07) is -0.196. The number of nitrogens with zero attached hydrogens (tertiary/aromatic N) is 4. The maximum atomic E-state index is 9.57. The van der Waals surface area contributed by atoms with Gasteiger partial charge in [0.15, 0.2) is 11.6 Å².